The summed E-state index contributed by atoms with van der Waals surface area (Å²) in [6.07, 6.45) is 1.01. The molecule has 0 aromatic heterocycles. The monoisotopic (exact) mass is 340 g/mol. The first-order valence-electron chi connectivity index (χ1n) is 7.42. The van der Waals surface area contributed by atoms with Gasteiger partial charge in [-0.3, -0.25) is 9.59 Å². The van der Waals surface area contributed by atoms with Crippen molar-refractivity contribution < 1.29 is 21.9 Å². The summed E-state index contributed by atoms with van der Waals surface area (Å²) in [5.74, 6) is -0.345. The molecule has 1 aromatic rings. The van der Waals surface area contributed by atoms with Crippen LogP contribution in [0, 0.1) is 6.92 Å². The van der Waals surface area contributed by atoms with Crippen molar-refractivity contribution in [1.82, 2.24) is 0 Å². The van der Waals surface area contributed by atoms with Gasteiger partial charge >= 0.3 is 10.2 Å². The molecule has 8 heteroatoms. The third-order valence-corrected chi connectivity index (χ3v) is 5.46. The molecule has 2 fully saturated rings. The molecule has 1 atom stereocenters. The second-order valence-electron chi connectivity index (χ2n) is 5.93. The number of carbonyl (C=O) groups excluding carboxylic acids is 2. The van der Waals surface area contributed by atoms with Crippen LogP contribution in [-0.4, -0.2) is 38.6 Å². The van der Waals surface area contributed by atoms with Gasteiger partial charge in [-0.15, -0.1) is 3.89 Å². The van der Waals surface area contributed by atoms with E-state index in [0.717, 1.165) is 17.7 Å². The van der Waals surface area contributed by atoms with Crippen molar-refractivity contribution in [3.63, 3.8) is 0 Å². The zero-order chi connectivity index (χ0) is 16.8. The van der Waals surface area contributed by atoms with Gasteiger partial charge < -0.3 is 9.80 Å². The van der Waals surface area contributed by atoms with Crippen LogP contribution < -0.4 is 9.80 Å². The number of rotatable bonds is 3. The molecule has 0 bridgehead atoms. The van der Waals surface area contributed by atoms with Crippen LogP contribution in [0.1, 0.15) is 24.8 Å². The lowest BCUT2D eigenvalue weighted by atomic mass is 10.1. The van der Waals surface area contributed by atoms with E-state index < -0.39 is 21.4 Å². The Balaban J connectivity index is 1.86. The van der Waals surface area contributed by atoms with Gasteiger partial charge in [0.25, 0.3) is 0 Å². The molecular weight excluding hydrogens is 323 g/mol. The van der Waals surface area contributed by atoms with Gasteiger partial charge in [0.1, 0.15) is 5.25 Å². The van der Waals surface area contributed by atoms with Gasteiger partial charge in [0, 0.05) is 37.3 Å². The zero-order valence-electron chi connectivity index (χ0n) is 12.7. The Kier molecular flexibility index (Phi) is 3.87. The van der Waals surface area contributed by atoms with Crippen molar-refractivity contribution >= 4 is 33.4 Å². The molecule has 0 radical (unpaired) electrons. The highest BCUT2D eigenvalue weighted by Gasteiger charge is 2.39. The standard InChI is InChI=1S/C15H17FN2O4S/c1-10-7-11(4-5-13(10)17-6-2-3-14(17)19)18-9-12(8-15(18)20)23(16,21)22/h4-5,7,12H,2-3,6,8-9H2,1H3. The number of hydrogen-bond acceptors (Lipinski definition) is 4. The van der Waals surface area contributed by atoms with E-state index in [-0.39, 0.29) is 18.9 Å². The molecule has 2 heterocycles. The third kappa shape index (κ3) is 2.95. The highest BCUT2D eigenvalue weighted by atomic mass is 32.3. The fourth-order valence-electron chi connectivity index (χ4n) is 3.13. The normalized spacial score (nSPS) is 22.3. The minimum absolute atomic E-state index is 0.0710. The van der Waals surface area contributed by atoms with Gasteiger partial charge in [0.05, 0.1) is 0 Å². The Morgan fingerprint density at radius 1 is 1.17 bits per heavy atom. The van der Waals surface area contributed by atoms with Crippen LogP contribution in [-0.2, 0) is 19.8 Å². The van der Waals surface area contributed by atoms with Gasteiger partial charge in [0.15, 0.2) is 0 Å². The average Bonchev–Trinajstić information content (AvgIpc) is 3.04. The van der Waals surface area contributed by atoms with Gasteiger partial charge in [-0.2, -0.15) is 8.42 Å². The van der Waals surface area contributed by atoms with Crippen LogP contribution in [0.15, 0.2) is 18.2 Å². The van der Waals surface area contributed by atoms with Crippen molar-refractivity contribution in [1.29, 1.82) is 0 Å². The van der Waals surface area contributed by atoms with Crippen LogP contribution in [0.2, 0.25) is 0 Å². The number of halogens is 1. The van der Waals surface area contributed by atoms with E-state index in [2.05, 4.69) is 0 Å². The zero-order valence-corrected chi connectivity index (χ0v) is 13.5. The first-order chi connectivity index (χ1) is 10.8. The van der Waals surface area contributed by atoms with Gasteiger partial charge in [-0.05, 0) is 37.1 Å². The van der Waals surface area contributed by atoms with E-state index in [0.29, 0.717) is 18.7 Å². The van der Waals surface area contributed by atoms with Crippen LogP contribution >= 0.6 is 0 Å². The smallest absolute Gasteiger partial charge is 0.307 e. The molecule has 0 spiro atoms. The second kappa shape index (κ2) is 5.59. The lowest BCUT2D eigenvalue weighted by Gasteiger charge is -2.22. The topological polar surface area (TPSA) is 74.8 Å². The van der Waals surface area contributed by atoms with Crippen molar-refractivity contribution in [2.24, 2.45) is 0 Å². The van der Waals surface area contributed by atoms with E-state index in [9.17, 15) is 21.9 Å². The fraction of sp³-hybridized carbons (Fsp3) is 0.467. The summed E-state index contributed by atoms with van der Waals surface area (Å²) >= 11 is 0. The Morgan fingerprint density at radius 3 is 2.43 bits per heavy atom. The van der Waals surface area contributed by atoms with Crippen LogP contribution in [0.4, 0.5) is 15.3 Å². The number of aryl methyl sites for hydroxylation is 1. The summed E-state index contributed by atoms with van der Waals surface area (Å²) in [6.45, 7) is 2.32. The van der Waals surface area contributed by atoms with Crippen molar-refractivity contribution in [3.05, 3.63) is 23.8 Å². The highest BCUT2D eigenvalue weighted by molar-refractivity contribution is 7.87. The third-order valence-electron chi connectivity index (χ3n) is 4.34. The average molecular weight is 340 g/mol. The maximum atomic E-state index is 13.1. The largest absolute Gasteiger partial charge is 0.312 e. The van der Waals surface area contributed by atoms with E-state index in [4.69, 9.17) is 0 Å². The maximum Gasteiger partial charge on any atom is 0.307 e. The molecule has 0 N–H and O–H groups in total. The molecule has 6 nitrogen and oxygen atoms in total. The van der Waals surface area contributed by atoms with Crippen LogP contribution in [0.5, 0.6) is 0 Å². The molecule has 1 aromatic carbocycles. The van der Waals surface area contributed by atoms with Gasteiger partial charge in [0.2, 0.25) is 11.8 Å². The Morgan fingerprint density at radius 2 is 1.91 bits per heavy atom. The molecule has 0 saturated carbocycles. The molecule has 2 aliphatic heterocycles. The second-order valence-corrected chi connectivity index (χ2v) is 7.54. The Bertz CT molecular complexity index is 778. The molecule has 124 valence electrons. The summed E-state index contributed by atoms with van der Waals surface area (Å²) in [5.41, 5.74) is 2.13. The summed E-state index contributed by atoms with van der Waals surface area (Å²) in [4.78, 5) is 26.8. The Labute approximate surface area is 134 Å². The van der Waals surface area contributed by atoms with Crippen LogP contribution in [0.3, 0.4) is 0 Å². The van der Waals surface area contributed by atoms with E-state index >= 15 is 0 Å². The minimum atomic E-state index is -4.73. The number of amides is 2. The number of hydrogen-bond donors (Lipinski definition) is 0. The van der Waals surface area contributed by atoms with E-state index in [1.54, 1.807) is 23.1 Å². The molecule has 2 amide bonds. The first kappa shape index (κ1) is 15.9. The van der Waals surface area contributed by atoms with Gasteiger partial charge in [-0.25, -0.2) is 0 Å². The fourth-order valence-corrected chi connectivity index (χ4v) is 3.79. The Hall–Kier alpha value is -1.96. The first-order valence-corrected chi connectivity index (χ1v) is 8.87. The van der Waals surface area contributed by atoms with E-state index in [1.807, 2.05) is 6.92 Å². The molecule has 0 aliphatic carbocycles. The summed E-state index contributed by atoms with van der Waals surface area (Å²) in [5, 5.41) is -1.31. The van der Waals surface area contributed by atoms with E-state index in [1.165, 1.54) is 4.90 Å². The van der Waals surface area contributed by atoms with Crippen molar-refractivity contribution in [2.75, 3.05) is 22.9 Å². The summed E-state index contributed by atoms with van der Waals surface area (Å²) in [6, 6.07) is 5.14. The number of carbonyl (C=O) groups is 2. The summed E-state index contributed by atoms with van der Waals surface area (Å²) < 4.78 is 35.1. The number of anilines is 2. The predicted molar refractivity (Wildman–Crippen MR) is 83.6 cm³/mol. The molecule has 2 saturated heterocycles. The lowest BCUT2D eigenvalue weighted by molar-refractivity contribution is -0.117. The lowest BCUT2D eigenvalue weighted by Crippen LogP contribution is -2.28. The predicted octanol–water partition coefficient (Wildman–Crippen LogP) is 1.53. The van der Waals surface area contributed by atoms with Crippen molar-refractivity contribution in [2.45, 2.75) is 31.4 Å². The minimum Gasteiger partial charge on any atom is -0.312 e. The van der Waals surface area contributed by atoms with Crippen LogP contribution in [0.25, 0.3) is 0 Å². The molecule has 23 heavy (non-hydrogen) atoms. The number of nitrogens with zero attached hydrogens (tertiary/aromatic N) is 2. The molecule has 2 aliphatic rings. The molecule has 1 unspecified atom stereocenters. The summed E-state index contributed by atoms with van der Waals surface area (Å²) in [7, 11) is -4.73. The maximum absolute atomic E-state index is 13.1. The SMILES string of the molecule is Cc1cc(N2CC(S(=O)(=O)F)CC2=O)ccc1N1CCCC1=O. The molecule has 3 rings (SSSR count). The highest BCUT2D eigenvalue weighted by Crippen LogP contribution is 2.31. The van der Waals surface area contributed by atoms with Crippen molar-refractivity contribution in [3.8, 4) is 0 Å². The molecular formula is C15H17FN2O4S. The quantitative estimate of drug-likeness (QED) is 0.782. The van der Waals surface area contributed by atoms with Gasteiger partial charge in [-0.1, -0.05) is 0 Å². The number of benzene rings is 1.